The average molecular weight is 338 g/mol. The number of methoxy groups -OCH3 is 2. The van der Waals surface area contributed by atoms with Crippen LogP contribution in [0.4, 0.5) is 0 Å². The largest absolute Gasteiger partial charge is 0.497 e. The number of nitrogens with zero attached hydrogens (tertiary/aromatic N) is 1. The molecule has 4 rings (SSSR count). The summed E-state index contributed by atoms with van der Waals surface area (Å²) >= 11 is 0. The molecule has 1 aliphatic heterocycles. The van der Waals surface area contributed by atoms with Crippen LogP contribution in [0.15, 0.2) is 42.5 Å². The van der Waals surface area contributed by atoms with Crippen molar-refractivity contribution >= 4 is 0 Å². The van der Waals surface area contributed by atoms with Crippen LogP contribution in [0.1, 0.15) is 35.6 Å². The van der Waals surface area contributed by atoms with Gasteiger partial charge in [0.2, 0.25) is 0 Å². The summed E-state index contributed by atoms with van der Waals surface area (Å²) in [6.07, 6.45) is 2.50. The van der Waals surface area contributed by atoms with Crippen LogP contribution in [-0.2, 0) is 12.0 Å². The van der Waals surface area contributed by atoms with Crippen molar-refractivity contribution in [3.05, 3.63) is 59.2 Å². The lowest BCUT2D eigenvalue weighted by Gasteiger charge is -2.29. The summed E-state index contributed by atoms with van der Waals surface area (Å²) in [6, 6.07) is 15.2. The lowest BCUT2D eigenvalue weighted by Crippen LogP contribution is -2.34. The van der Waals surface area contributed by atoms with Gasteiger partial charge in [-0.05, 0) is 30.0 Å². The zero-order chi connectivity index (χ0) is 17.4. The molecule has 2 N–H and O–H groups in total. The van der Waals surface area contributed by atoms with Gasteiger partial charge in [0, 0.05) is 36.7 Å². The van der Waals surface area contributed by atoms with Crippen LogP contribution < -0.4 is 15.2 Å². The normalized spacial score (nSPS) is 21.0. The Balaban J connectivity index is 1.64. The standard InChI is InChI=1S/C21H26N2O2/c1-24-17-10-15-13-23(18(12-22)20(15)19(11-17)25-2)14-21(8-9-21)16-6-4-3-5-7-16/h3-7,10-11,18H,8-9,12-14,22H2,1-2H3. The number of fused-ring (bicyclic) bond motifs is 1. The number of hydrogen-bond donors (Lipinski definition) is 1. The Kier molecular flexibility index (Phi) is 4.18. The van der Waals surface area contributed by atoms with Gasteiger partial charge in [-0.25, -0.2) is 0 Å². The van der Waals surface area contributed by atoms with Crippen LogP contribution in [0.5, 0.6) is 11.5 Å². The fraction of sp³-hybridized carbons (Fsp3) is 0.429. The quantitative estimate of drug-likeness (QED) is 0.878. The first-order valence-electron chi connectivity index (χ1n) is 8.95. The third kappa shape index (κ3) is 2.79. The molecule has 1 unspecified atom stereocenters. The molecule has 25 heavy (non-hydrogen) atoms. The minimum atomic E-state index is 0.206. The first-order valence-corrected chi connectivity index (χ1v) is 8.95. The van der Waals surface area contributed by atoms with Gasteiger partial charge in [-0.2, -0.15) is 0 Å². The maximum Gasteiger partial charge on any atom is 0.127 e. The average Bonchev–Trinajstić information content (AvgIpc) is 3.35. The molecule has 0 saturated heterocycles. The third-order valence-corrected chi connectivity index (χ3v) is 5.77. The maximum atomic E-state index is 6.18. The van der Waals surface area contributed by atoms with E-state index in [2.05, 4.69) is 41.3 Å². The van der Waals surface area contributed by atoms with E-state index in [-0.39, 0.29) is 11.5 Å². The fourth-order valence-electron chi connectivity index (χ4n) is 4.27. The Morgan fingerprint density at radius 3 is 2.48 bits per heavy atom. The number of rotatable bonds is 6. The van der Waals surface area contributed by atoms with Crippen LogP contribution in [-0.4, -0.2) is 32.2 Å². The molecule has 4 nitrogen and oxygen atoms in total. The van der Waals surface area contributed by atoms with Gasteiger partial charge in [0.1, 0.15) is 11.5 Å². The van der Waals surface area contributed by atoms with Gasteiger partial charge in [-0.3, -0.25) is 4.90 Å². The van der Waals surface area contributed by atoms with E-state index in [9.17, 15) is 0 Å². The molecule has 0 amide bonds. The minimum absolute atomic E-state index is 0.206. The van der Waals surface area contributed by atoms with Gasteiger partial charge in [-0.15, -0.1) is 0 Å². The summed E-state index contributed by atoms with van der Waals surface area (Å²) < 4.78 is 11.1. The van der Waals surface area contributed by atoms with E-state index in [1.165, 1.54) is 29.5 Å². The van der Waals surface area contributed by atoms with Crippen LogP contribution >= 0.6 is 0 Å². The van der Waals surface area contributed by atoms with Gasteiger partial charge in [-0.1, -0.05) is 30.3 Å². The molecule has 1 aliphatic carbocycles. The molecule has 2 aromatic carbocycles. The van der Waals surface area contributed by atoms with E-state index in [0.717, 1.165) is 24.6 Å². The monoisotopic (exact) mass is 338 g/mol. The predicted molar refractivity (Wildman–Crippen MR) is 99.1 cm³/mol. The second-order valence-electron chi connectivity index (χ2n) is 7.21. The van der Waals surface area contributed by atoms with Crippen LogP contribution in [0.3, 0.4) is 0 Å². The highest BCUT2D eigenvalue weighted by Crippen LogP contribution is 2.51. The molecule has 2 aliphatic rings. The van der Waals surface area contributed by atoms with Crippen molar-refractivity contribution in [2.24, 2.45) is 5.73 Å². The lowest BCUT2D eigenvalue weighted by atomic mass is 9.95. The van der Waals surface area contributed by atoms with Crippen molar-refractivity contribution in [3.63, 3.8) is 0 Å². The summed E-state index contributed by atoms with van der Waals surface area (Å²) in [7, 11) is 3.42. The van der Waals surface area contributed by atoms with E-state index in [0.29, 0.717) is 6.54 Å². The van der Waals surface area contributed by atoms with Crippen molar-refractivity contribution in [1.82, 2.24) is 4.90 Å². The summed E-state index contributed by atoms with van der Waals surface area (Å²) in [6.45, 7) is 2.54. The van der Waals surface area contributed by atoms with Crippen molar-refractivity contribution in [2.45, 2.75) is 30.8 Å². The highest BCUT2D eigenvalue weighted by molar-refractivity contribution is 5.51. The summed E-state index contributed by atoms with van der Waals surface area (Å²) in [5, 5.41) is 0. The maximum absolute atomic E-state index is 6.18. The van der Waals surface area contributed by atoms with Gasteiger partial charge < -0.3 is 15.2 Å². The van der Waals surface area contributed by atoms with Crippen molar-refractivity contribution < 1.29 is 9.47 Å². The number of hydrogen-bond acceptors (Lipinski definition) is 4. The van der Waals surface area contributed by atoms with Gasteiger partial charge >= 0.3 is 0 Å². The summed E-state index contributed by atoms with van der Waals surface area (Å²) in [4.78, 5) is 2.52. The highest BCUT2D eigenvalue weighted by Gasteiger charge is 2.47. The Morgan fingerprint density at radius 2 is 1.88 bits per heavy atom. The van der Waals surface area contributed by atoms with Crippen LogP contribution in [0.2, 0.25) is 0 Å². The number of ether oxygens (including phenoxy) is 2. The number of benzene rings is 2. The molecular formula is C21H26N2O2. The van der Waals surface area contributed by atoms with Gasteiger partial charge in [0.25, 0.3) is 0 Å². The van der Waals surface area contributed by atoms with E-state index in [4.69, 9.17) is 15.2 Å². The number of nitrogens with two attached hydrogens (primary N) is 1. The molecule has 0 radical (unpaired) electrons. The molecule has 4 heteroatoms. The highest BCUT2D eigenvalue weighted by atomic mass is 16.5. The van der Waals surface area contributed by atoms with Crippen LogP contribution in [0.25, 0.3) is 0 Å². The molecular weight excluding hydrogens is 312 g/mol. The van der Waals surface area contributed by atoms with Crippen molar-refractivity contribution in [2.75, 3.05) is 27.3 Å². The smallest absolute Gasteiger partial charge is 0.127 e. The molecule has 132 valence electrons. The van der Waals surface area contributed by atoms with Gasteiger partial charge in [0.05, 0.1) is 20.3 Å². The zero-order valence-corrected chi connectivity index (χ0v) is 15.0. The first kappa shape index (κ1) is 16.4. The molecule has 1 saturated carbocycles. The minimum Gasteiger partial charge on any atom is -0.497 e. The molecule has 1 heterocycles. The van der Waals surface area contributed by atoms with Crippen molar-refractivity contribution in [1.29, 1.82) is 0 Å². The van der Waals surface area contributed by atoms with Crippen molar-refractivity contribution in [3.8, 4) is 11.5 Å². The fourth-order valence-corrected chi connectivity index (χ4v) is 4.27. The Labute approximate surface area is 149 Å². The second-order valence-corrected chi connectivity index (χ2v) is 7.21. The molecule has 1 fully saturated rings. The van der Waals surface area contributed by atoms with E-state index < -0.39 is 0 Å². The SMILES string of the molecule is COc1cc2c(c(OC)c1)C(CN)N(CC1(c3ccccc3)CC1)C2. The molecule has 2 aromatic rings. The van der Waals surface area contributed by atoms with E-state index in [1.54, 1.807) is 14.2 Å². The Morgan fingerprint density at radius 1 is 1.12 bits per heavy atom. The van der Waals surface area contributed by atoms with Gasteiger partial charge in [0.15, 0.2) is 0 Å². The Bertz CT molecular complexity index is 756. The topological polar surface area (TPSA) is 47.7 Å². The van der Waals surface area contributed by atoms with Crippen LogP contribution in [0, 0.1) is 0 Å². The van der Waals surface area contributed by atoms with E-state index >= 15 is 0 Å². The second kappa shape index (κ2) is 6.36. The molecule has 0 bridgehead atoms. The molecule has 0 aromatic heterocycles. The summed E-state index contributed by atoms with van der Waals surface area (Å²) in [5.74, 6) is 1.73. The third-order valence-electron chi connectivity index (χ3n) is 5.77. The lowest BCUT2D eigenvalue weighted by molar-refractivity contribution is 0.197. The summed E-state index contributed by atoms with van der Waals surface area (Å²) in [5.41, 5.74) is 10.4. The Hall–Kier alpha value is -2.04. The predicted octanol–water partition coefficient (Wildman–Crippen LogP) is 3.25. The molecule has 1 atom stereocenters. The first-order chi connectivity index (χ1) is 12.2. The van der Waals surface area contributed by atoms with E-state index in [1.807, 2.05) is 6.07 Å². The molecule has 0 spiro atoms. The zero-order valence-electron chi connectivity index (χ0n) is 15.0.